The van der Waals surface area contributed by atoms with Crippen molar-refractivity contribution in [3.05, 3.63) is 81.7 Å². The molecule has 0 spiro atoms. The number of methoxy groups -OCH3 is 1. The molecule has 10 nitrogen and oxygen atoms in total. The van der Waals surface area contributed by atoms with E-state index in [2.05, 4.69) is 10.1 Å². The number of urea groups is 1. The Labute approximate surface area is 181 Å². The minimum atomic E-state index is -0.700. The lowest BCUT2D eigenvalue weighted by molar-refractivity contribution is -0.384. The molecular weight excluding hydrogens is 416 g/mol. The number of hydrogen-bond acceptors (Lipinski definition) is 6. The van der Waals surface area contributed by atoms with Gasteiger partial charge < -0.3 is 14.6 Å². The number of benzene rings is 2. The number of non-ortho nitro benzene ring substituents is 1. The molecular formula is C22H18N4O6. The van der Waals surface area contributed by atoms with E-state index in [9.17, 15) is 24.5 Å². The number of imide groups is 1. The lowest BCUT2D eigenvalue weighted by Crippen LogP contribution is -2.36. The number of nitrogens with one attached hydrogen (secondary N) is 1. The molecule has 1 fully saturated rings. The highest BCUT2D eigenvalue weighted by atomic mass is 16.6. The van der Waals surface area contributed by atoms with E-state index in [4.69, 9.17) is 0 Å². The van der Waals surface area contributed by atoms with Gasteiger partial charge in [0.1, 0.15) is 12.2 Å². The predicted molar refractivity (Wildman–Crippen MR) is 114 cm³/mol. The van der Waals surface area contributed by atoms with Crippen molar-refractivity contribution in [1.29, 1.82) is 0 Å². The lowest BCUT2D eigenvalue weighted by Gasteiger charge is -2.08. The van der Waals surface area contributed by atoms with E-state index in [1.165, 1.54) is 19.2 Å². The summed E-state index contributed by atoms with van der Waals surface area (Å²) < 4.78 is 6.48. The Morgan fingerprint density at radius 3 is 2.56 bits per heavy atom. The summed E-state index contributed by atoms with van der Waals surface area (Å²) in [5.74, 6) is -1.32. The molecule has 0 saturated carbocycles. The Balaban J connectivity index is 1.66. The van der Waals surface area contributed by atoms with Gasteiger partial charge in [0, 0.05) is 41.3 Å². The van der Waals surface area contributed by atoms with Crippen molar-refractivity contribution in [3.8, 4) is 0 Å². The zero-order chi connectivity index (χ0) is 22.8. The van der Waals surface area contributed by atoms with E-state index in [0.29, 0.717) is 12.1 Å². The molecule has 2 heterocycles. The van der Waals surface area contributed by atoms with Gasteiger partial charge in [0.2, 0.25) is 0 Å². The molecule has 3 aromatic rings. The van der Waals surface area contributed by atoms with Gasteiger partial charge in [-0.3, -0.25) is 19.7 Å². The van der Waals surface area contributed by atoms with Crippen LogP contribution in [0.25, 0.3) is 17.0 Å². The fourth-order valence-electron chi connectivity index (χ4n) is 3.51. The summed E-state index contributed by atoms with van der Waals surface area (Å²) in [5, 5.41) is 14.2. The molecule has 0 unspecified atom stereocenters. The second-order valence-corrected chi connectivity index (χ2v) is 7.11. The molecule has 1 aliphatic rings. The number of nitro benzene ring substituents is 1. The van der Waals surface area contributed by atoms with Crippen LogP contribution in [0.15, 0.2) is 60.4 Å². The standard InChI is InChI=1S/C22H18N4O6/c1-32-20(27)13-25-21(28)18(23-22(25)29)10-15-12-24(19-5-3-2-4-17(15)19)11-14-6-8-16(9-7-14)26(30)31/h2-10,12H,11,13H2,1H3,(H,23,29)/b18-10+. The Kier molecular flexibility index (Phi) is 5.42. The summed E-state index contributed by atoms with van der Waals surface area (Å²) in [5.41, 5.74) is 2.53. The highest BCUT2D eigenvalue weighted by Crippen LogP contribution is 2.26. The molecule has 0 aliphatic carbocycles. The second kappa shape index (κ2) is 8.34. The van der Waals surface area contributed by atoms with Gasteiger partial charge in [-0.15, -0.1) is 0 Å². The average Bonchev–Trinajstić information content (AvgIpc) is 3.26. The Morgan fingerprint density at radius 2 is 1.88 bits per heavy atom. The molecule has 0 bridgehead atoms. The number of para-hydroxylation sites is 1. The maximum absolute atomic E-state index is 12.6. The Hall–Kier alpha value is -4.47. The smallest absolute Gasteiger partial charge is 0.329 e. The number of hydrogen-bond donors (Lipinski definition) is 1. The third-order valence-corrected chi connectivity index (χ3v) is 5.10. The molecule has 162 valence electrons. The molecule has 10 heteroatoms. The van der Waals surface area contributed by atoms with Crippen LogP contribution in [0.2, 0.25) is 0 Å². The fraction of sp³-hybridized carbons (Fsp3) is 0.136. The molecule has 1 aliphatic heterocycles. The number of aromatic nitrogens is 1. The van der Waals surface area contributed by atoms with E-state index < -0.39 is 29.4 Å². The average molecular weight is 434 g/mol. The Bertz CT molecular complexity index is 1280. The highest BCUT2D eigenvalue weighted by molar-refractivity contribution is 6.15. The number of carbonyl (C=O) groups excluding carboxylic acids is 3. The summed E-state index contributed by atoms with van der Waals surface area (Å²) in [4.78, 5) is 47.4. The van der Waals surface area contributed by atoms with Crippen LogP contribution >= 0.6 is 0 Å². The highest BCUT2D eigenvalue weighted by Gasteiger charge is 2.35. The summed E-state index contributed by atoms with van der Waals surface area (Å²) in [6.45, 7) is -0.0170. The Morgan fingerprint density at radius 1 is 1.16 bits per heavy atom. The normalized spacial score (nSPS) is 14.8. The number of amides is 3. The lowest BCUT2D eigenvalue weighted by atomic mass is 10.1. The summed E-state index contributed by atoms with van der Waals surface area (Å²) in [6.07, 6.45) is 3.40. The molecule has 1 saturated heterocycles. The zero-order valence-corrected chi connectivity index (χ0v) is 17.0. The third-order valence-electron chi connectivity index (χ3n) is 5.10. The summed E-state index contributed by atoms with van der Waals surface area (Å²) >= 11 is 0. The molecule has 1 aromatic heterocycles. The van der Waals surface area contributed by atoms with Gasteiger partial charge in [-0.2, -0.15) is 0 Å². The first-order valence-corrected chi connectivity index (χ1v) is 9.60. The number of ether oxygens (including phenoxy) is 1. The van der Waals surface area contributed by atoms with Crippen molar-refractivity contribution in [2.24, 2.45) is 0 Å². The van der Waals surface area contributed by atoms with Crippen LogP contribution in [-0.2, 0) is 20.9 Å². The predicted octanol–water partition coefficient (Wildman–Crippen LogP) is 2.66. The van der Waals surface area contributed by atoms with Gasteiger partial charge in [0.05, 0.1) is 12.0 Å². The molecule has 2 aromatic carbocycles. The van der Waals surface area contributed by atoms with Crippen molar-refractivity contribution in [2.75, 3.05) is 13.7 Å². The van der Waals surface area contributed by atoms with Gasteiger partial charge in [-0.1, -0.05) is 30.3 Å². The van der Waals surface area contributed by atoms with Crippen LogP contribution in [0.3, 0.4) is 0 Å². The maximum atomic E-state index is 12.6. The SMILES string of the molecule is COC(=O)CN1C(=O)N/C(=C/c2cn(Cc3ccc([N+](=O)[O-])cc3)c3ccccc23)C1=O. The summed E-state index contributed by atoms with van der Waals surface area (Å²) in [6, 6.07) is 13.1. The minimum Gasteiger partial charge on any atom is -0.468 e. The van der Waals surface area contributed by atoms with Gasteiger partial charge in [0.25, 0.3) is 11.6 Å². The number of fused-ring (bicyclic) bond motifs is 1. The van der Waals surface area contributed by atoms with Gasteiger partial charge in [-0.25, -0.2) is 9.69 Å². The van der Waals surface area contributed by atoms with E-state index in [0.717, 1.165) is 21.4 Å². The third kappa shape index (κ3) is 3.93. The molecule has 3 amide bonds. The van der Waals surface area contributed by atoms with E-state index >= 15 is 0 Å². The van der Waals surface area contributed by atoms with Crippen LogP contribution in [0, 0.1) is 10.1 Å². The molecule has 0 radical (unpaired) electrons. The van der Waals surface area contributed by atoms with E-state index in [1.807, 2.05) is 35.0 Å². The number of rotatable bonds is 6. The largest absolute Gasteiger partial charge is 0.468 e. The fourth-order valence-corrected chi connectivity index (χ4v) is 3.51. The topological polar surface area (TPSA) is 124 Å². The minimum absolute atomic E-state index is 0.0172. The molecule has 1 N–H and O–H groups in total. The van der Waals surface area contributed by atoms with E-state index in [-0.39, 0.29) is 11.4 Å². The zero-order valence-electron chi connectivity index (χ0n) is 17.0. The van der Waals surface area contributed by atoms with Gasteiger partial charge >= 0.3 is 12.0 Å². The van der Waals surface area contributed by atoms with Crippen LogP contribution in [0.4, 0.5) is 10.5 Å². The van der Waals surface area contributed by atoms with Gasteiger partial charge in [0.15, 0.2) is 0 Å². The van der Waals surface area contributed by atoms with Crippen LogP contribution in [-0.4, -0.2) is 46.0 Å². The van der Waals surface area contributed by atoms with Crippen molar-refractivity contribution in [3.63, 3.8) is 0 Å². The van der Waals surface area contributed by atoms with Crippen molar-refractivity contribution in [2.45, 2.75) is 6.54 Å². The van der Waals surface area contributed by atoms with E-state index in [1.54, 1.807) is 18.2 Å². The second-order valence-electron chi connectivity index (χ2n) is 7.11. The quantitative estimate of drug-likeness (QED) is 0.209. The van der Waals surface area contributed by atoms with Gasteiger partial charge in [-0.05, 0) is 17.7 Å². The van der Waals surface area contributed by atoms with Crippen molar-refractivity contribution in [1.82, 2.24) is 14.8 Å². The maximum Gasteiger partial charge on any atom is 0.329 e. The molecule has 4 rings (SSSR count). The number of nitro groups is 1. The molecule has 32 heavy (non-hydrogen) atoms. The summed E-state index contributed by atoms with van der Waals surface area (Å²) in [7, 11) is 1.18. The van der Waals surface area contributed by atoms with Crippen molar-refractivity contribution < 1.29 is 24.0 Å². The first-order chi connectivity index (χ1) is 15.4. The van der Waals surface area contributed by atoms with Crippen LogP contribution in [0.1, 0.15) is 11.1 Å². The number of esters is 1. The first kappa shape index (κ1) is 20.8. The monoisotopic (exact) mass is 434 g/mol. The number of carbonyl (C=O) groups is 3. The van der Waals surface area contributed by atoms with Crippen LogP contribution < -0.4 is 5.32 Å². The van der Waals surface area contributed by atoms with Crippen molar-refractivity contribution >= 4 is 40.6 Å². The molecule has 0 atom stereocenters. The first-order valence-electron chi connectivity index (χ1n) is 9.60. The van der Waals surface area contributed by atoms with Crippen LogP contribution in [0.5, 0.6) is 0 Å². The number of nitrogens with zero attached hydrogens (tertiary/aromatic N) is 3.